The second-order valence-electron chi connectivity index (χ2n) is 4.40. The number of carbonyl (C=O) groups excluding carboxylic acids is 1. The lowest BCUT2D eigenvalue weighted by Crippen LogP contribution is -2.47. The second-order valence-corrected chi connectivity index (χ2v) is 6.23. The second kappa shape index (κ2) is 6.32. The van der Waals surface area contributed by atoms with Gasteiger partial charge < -0.3 is 10.6 Å². The van der Waals surface area contributed by atoms with Crippen LogP contribution in [0.5, 0.6) is 0 Å². The van der Waals surface area contributed by atoms with Crippen molar-refractivity contribution in [2.75, 3.05) is 25.9 Å². The van der Waals surface area contributed by atoms with E-state index in [1.165, 1.54) is 0 Å². The number of hydrogen-bond acceptors (Lipinski definition) is 4. The molecule has 0 aliphatic carbocycles. The molecule has 0 radical (unpaired) electrons. The summed E-state index contributed by atoms with van der Waals surface area (Å²) in [7, 11) is -3.15. The molecule has 1 fully saturated rings. The van der Waals surface area contributed by atoms with Crippen LogP contribution in [-0.2, 0) is 14.8 Å². The van der Waals surface area contributed by atoms with E-state index in [9.17, 15) is 13.2 Å². The van der Waals surface area contributed by atoms with Crippen LogP contribution in [0, 0.1) is 0 Å². The molecule has 0 saturated carbocycles. The third-order valence-electron chi connectivity index (χ3n) is 2.96. The van der Waals surface area contributed by atoms with Gasteiger partial charge >= 0.3 is 0 Å². The van der Waals surface area contributed by atoms with Crippen molar-refractivity contribution in [3.8, 4) is 0 Å². The smallest absolute Gasteiger partial charge is 0.236 e. The maximum atomic E-state index is 11.6. The zero-order chi connectivity index (χ0) is 12.9. The van der Waals surface area contributed by atoms with Crippen LogP contribution in [0.25, 0.3) is 0 Å². The molecule has 7 heteroatoms. The van der Waals surface area contributed by atoms with Crippen molar-refractivity contribution in [1.29, 1.82) is 0 Å². The normalized spacial score (nSPS) is 21.5. The van der Waals surface area contributed by atoms with Gasteiger partial charge in [0.1, 0.15) is 0 Å². The van der Waals surface area contributed by atoms with Crippen LogP contribution in [0.4, 0.5) is 0 Å². The number of carbonyl (C=O) groups is 1. The maximum Gasteiger partial charge on any atom is 0.236 e. The number of amides is 1. The largest absolute Gasteiger partial charge is 0.339 e. The minimum atomic E-state index is -3.15. The summed E-state index contributed by atoms with van der Waals surface area (Å²) in [5.74, 6) is -0.0472. The topological polar surface area (TPSA) is 92.5 Å². The molecule has 0 spiro atoms. The van der Waals surface area contributed by atoms with Crippen molar-refractivity contribution in [1.82, 2.24) is 9.62 Å². The molecule has 0 bridgehead atoms. The highest BCUT2D eigenvalue weighted by Crippen LogP contribution is 2.19. The van der Waals surface area contributed by atoms with Gasteiger partial charge in [-0.05, 0) is 25.7 Å². The van der Waals surface area contributed by atoms with Gasteiger partial charge in [-0.25, -0.2) is 13.1 Å². The first-order valence-electron chi connectivity index (χ1n) is 5.88. The Morgan fingerprint density at radius 1 is 1.47 bits per heavy atom. The molecule has 1 aliphatic heterocycles. The van der Waals surface area contributed by atoms with Crippen LogP contribution in [0.3, 0.4) is 0 Å². The summed E-state index contributed by atoms with van der Waals surface area (Å²) in [6, 6.07) is 0.119. The minimum Gasteiger partial charge on any atom is -0.339 e. The number of likely N-dealkylation sites (tertiary alicyclic amines) is 1. The van der Waals surface area contributed by atoms with Gasteiger partial charge in [0.05, 0.1) is 12.8 Å². The average molecular weight is 263 g/mol. The van der Waals surface area contributed by atoms with Crippen molar-refractivity contribution in [2.45, 2.75) is 31.7 Å². The Kier molecular flexibility index (Phi) is 5.35. The van der Waals surface area contributed by atoms with Gasteiger partial charge in [-0.2, -0.15) is 0 Å². The number of piperidine rings is 1. The lowest BCUT2D eigenvalue weighted by Gasteiger charge is -2.35. The monoisotopic (exact) mass is 263 g/mol. The number of hydrogen-bond donors (Lipinski definition) is 2. The standard InChI is InChI=1S/C10H21N3O3S/c1-17(15,16)12-6-5-9-4-2-3-7-13(9)10(14)8-11/h9,12H,2-8,11H2,1H3. The fraction of sp³-hybridized carbons (Fsp3) is 0.900. The number of rotatable bonds is 5. The quantitative estimate of drug-likeness (QED) is 0.683. The van der Waals surface area contributed by atoms with Crippen LogP contribution in [0.2, 0.25) is 0 Å². The van der Waals surface area contributed by atoms with E-state index in [2.05, 4.69) is 4.72 Å². The van der Waals surface area contributed by atoms with Crippen LogP contribution in [0.1, 0.15) is 25.7 Å². The van der Waals surface area contributed by atoms with E-state index in [-0.39, 0.29) is 18.5 Å². The molecule has 6 nitrogen and oxygen atoms in total. The van der Waals surface area contributed by atoms with Crippen LogP contribution >= 0.6 is 0 Å². The molecule has 1 heterocycles. The van der Waals surface area contributed by atoms with Gasteiger partial charge in [-0.15, -0.1) is 0 Å². The molecule has 0 aromatic heterocycles. The molecule has 1 unspecified atom stereocenters. The lowest BCUT2D eigenvalue weighted by molar-refractivity contribution is -0.133. The van der Waals surface area contributed by atoms with Crippen molar-refractivity contribution in [3.05, 3.63) is 0 Å². The summed E-state index contributed by atoms with van der Waals surface area (Å²) in [6.07, 6.45) is 4.80. The predicted octanol–water partition coefficient (Wildman–Crippen LogP) is -0.734. The zero-order valence-electron chi connectivity index (χ0n) is 10.2. The Labute approximate surface area is 103 Å². The number of nitrogens with one attached hydrogen (secondary N) is 1. The molecular weight excluding hydrogens is 242 g/mol. The van der Waals surface area contributed by atoms with E-state index in [4.69, 9.17) is 5.73 Å². The number of nitrogens with zero attached hydrogens (tertiary/aromatic N) is 1. The van der Waals surface area contributed by atoms with Crippen LogP contribution in [0.15, 0.2) is 0 Å². The maximum absolute atomic E-state index is 11.6. The first-order chi connectivity index (χ1) is 7.94. The van der Waals surface area contributed by atoms with Gasteiger partial charge in [0.15, 0.2) is 0 Å². The first-order valence-corrected chi connectivity index (χ1v) is 7.77. The summed E-state index contributed by atoms with van der Waals surface area (Å²) in [5, 5.41) is 0. The lowest BCUT2D eigenvalue weighted by atomic mass is 9.99. The van der Waals surface area contributed by atoms with Crippen molar-refractivity contribution in [3.63, 3.8) is 0 Å². The fourth-order valence-electron chi connectivity index (χ4n) is 2.16. The van der Waals surface area contributed by atoms with Crippen molar-refractivity contribution < 1.29 is 13.2 Å². The Morgan fingerprint density at radius 2 is 2.18 bits per heavy atom. The van der Waals surface area contributed by atoms with E-state index in [0.29, 0.717) is 13.0 Å². The third-order valence-corrected chi connectivity index (χ3v) is 3.69. The molecule has 0 aromatic carbocycles. The van der Waals surface area contributed by atoms with E-state index in [1.54, 1.807) is 4.90 Å². The zero-order valence-corrected chi connectivity index (χ0v) is 11.0. The summed E-state index contributed by atoms with van der Waals surface area (Å²) in [6.45, 7) is 1.13. The summed E-state index contributed by atoms with van der Waals surface area (Å²) >= 11 is 0. The Morgan fingerprint density at radius 3 is 2.76 bits per heavy atom. The molecule has 0 aromatic rings. The summed E-state index contributed by atoms with van der Waals surface area (Å²) in [4.78, 5) is 13.4. The van der Waals surface area contributed by atoms with E-state index >= 15 is 0 Å². The predicted molar refractivity (Wildman–Crippen MR) is 65.9 cm³/mol. The molecule has 1 rings (SSSR count). The highest BCUT2D eigenvalue weighted by molar-refractivity contribution is 7.88. The van der Waals surface area contributed by atoms with Crippen molar-refractivity contribution in [2.24, 2.45) is 5.73 Å². The van der Waals surface area contributed by atoms with Gasteiger partial charge in [0.25, 0.3) is 0 Å². The molecule has 1 atom stereocenters. The van der Waals surface area contributed by atoms with E-state index in [1.807, 2.05) is 0 Å². The highest BCUT2D eigenvalue weighted by atomic mass is 32.2. The molecule has 3 N–H and O–H groups in total. The van der Waals surface area contributed by atoms with E-state index < -0.39 is 10.0 Å². The molecule has 17 heavy (non-hydrogen) atoms. The molecule has 100 valence electrons. The molecule has 1 saturated heterocycles. The summed E-state index contributed by atoms with van der Waals surface area (Å²) < 4.78 is 24.3. The van der Waals surface area contributed by atoms with Crippen LogP contribution < -0.4 is 10.5 Å². The molecule has 1 amide bonds. The van der Waals surface area contributed by atoms with E-state index in [0.717, 1.165) is 32.1 Å². The van der Waals surface area contributed by atoms with Crippen molar-refractivity contribution >= 4 is 15.9 Å². The Hall–Kier alpha value is -0.660. The number of nitrogens with two attached hydrogens (primary N) is 1. The Balaban J connectivity index is 2.46. The van der Waals surface area contributed by atoms with Gasteiger partial charge in [0.2, 0.25) is 15.9 Å². The van der Waals surface area contributed by atoms with Gasteiger partial charge in [0, 0.05) is 19.1 Å². The van der Waals surface area contributed by atoms with Crippen LogP contribution in [-0.4, -0.2) is 51.2 Å². The number of sulfonamides is 1. The van der Waals surface area contributed by atoms with Gasteiger partial charge in [-0.3, -0.25) is 4.79 Å². The highest BCUT2D eigenvalue weighted by Gasteiger charge is 2.25. The minimum absolute atomic E-state index is 0.0238. The fourth-order valence-corrected chi connectivity index (χ4v) is 2.65. The molecule has 1 aliphatic rings. The third kappa shape index (κ3) is 5.01. The summed E-state index contributed by atoms with van der Waals surface area (Å²) in [5.41, 5.74) is 5.36. The molecular formula is C10H21N3O3S. The first kappa shape index (κ1) is 14.4. The average Bonchev–Trinajstić information content (AvgIpc) is 2.27. The Bertz CT molecular complexity index is 356. The van der Waals surface area contributed by atoms with Gasteiger partial charge in [-0.1, -0.05) is 0 Å². The SMILES string of the molecule is CS(=O)(=O)NCCC1CCCCN1C(=O)CN.